The van der Waals surface area contributed by atoms with Crippen molar-refractivity contribution in [2.75, 3.05) is 0 Å². The number of aromatic hydroxyl groups is 3. The van der Waals surface area contributed by atoms with Crippen molar-refractivity contribution in [3.05, 3.63) is 359 Å². The van der Waals surface area contributed by atoms with Crippen molar-refractivity contribution in [3.63, 3.8) is 0 Å². The van der Waals surface area contributed by atoms with Gasteiger partial charge in [-0.05, 0) is 218 Å². The summed E-state index contributed by atoms with van der Waals surface area (Å²) >= 11 is 0. The maximum Gasteiger partial charge on any atom is 0.148 e. The number of pyridine rings is 3. The van der Waals surface area contributed by atoms with Crippen LogP contribution in [-0.4, -0.2) is 58.9 Å². The Labute approximate surface area is 853 Å². The third kappa shape index (κ3) is 21.8. The van der Waals surface area contributed by atoms with Gasteiger partial charge in [-0.15, -0.1) is 89.0 Å². The van der Waals surface area contributed by atoms with E-state index < -0.39 is 0 Å². The van der Waals surface area contributed by atoms with E-state index in [4.69, 9.17) is 19.9 Å². The minimum absolute atomic E-state index is 0. The van der Waals surface area contributed by atoms with Crippen molar-refractivity contribution in [2.24, 2.45) is 0 Å². The maximum absolute atomic E-state index is 11.5. The molecule has 12 nitrogen and oxygen atoms in total. The molecule has 0 aliphatic heterocycles. The number of aromatic nitrogens is 9. The Hall–Kier alpha value is -12.0. The number of phenolic OH excluding ortho intramolecular Hbond substituents is 3. The Morgan fingerprint density at radius 3 is 0.993 bits per heavy atom. The molecule has 0 saturated carbocycles. The monoisotopic (exact) mass is 2350 g/mol. The quantitative estimate of drug-likeness (QED) is 0.101. The minimum Gasteiger partial charge on any atom is -0.507 e. The Morgan fingerprint density at radius 1 is 0.241 bits per heavy atom. The molecule has 137 heavy (non-hydrogen) atoms. The van der Waals surface area contributed by atoms with Gasteiger partial charge in [-0.1, -0.05) is 294 Å². The van der Waals surface area contributed by atoms with Crippen LogP contribution in [0, 0.1) is 45.9 Å². The number of nitrogens with zero attached hydrogens (tertiary/aromatic N) is 9. The molecule has 12 aromatic carbocycles. The fraction of sp³-hybridized carbons (Fsp3) is 0.262. The normalized spacial score (nSPS) is 12.0. The summed E-state index contributed by atoms with van der Waals surface area (Å²) in [5, 5.41) is 33.3. The molecule has 0 atom stereocenters. The second kappa shape index (κ2) is 39.8. The van der Waals surface area contributed by atoms with Crippen LogP contribution in [-0.2, 0) is 101 Å². The van der Waals surface area contributed by atoms with Crippen molar-refractivity contribution >= 4 is 33.1 Å². The molecule has 6 aromatic heterocycles. The van der Waals surface area contributed by atoms with Crippen LogP contribution in [0.2, 0.25) is 0 Å². The molecule has 0 aliphatic rings. The van der Waals surface area contributed by atoms with Gasteiger partial charge in [-0.3, -0.25) is 28.7 Å². The Kier molecular flexibility index (Phi) is 29.8. The van der Waals surface area contributed by atoms with Gasteiger partial charge in [0.05, 0.1) is 55.5 Å². The first-order valence-electron chi connectivity index (χ1n) is 46.5. The van der Waals surface area contributed by atoms with Gasteiger partial charge in [-0.25, -0.2) is 15.0 Å². The molecule has 3 N–H and O–H groups in total. The van der Waals surface area contributed by atoms with Crippen LogP contribution >= 0.6 is 0 Å². The van der Waals surface area contributed by atoms with E-state index in [-0.39, 0.29) is 118 Å². The molecule has 0 saturated heterocycles. The number of rotatable bonds is 12. The van der Waals surface area contributed by atoms with E-state index in [1.54, 1.807) is 24.4 Å². The Bertz CT molecular complexity index is 7440. The summed E-state index contributed by atoms with van der Waals surface area (Å²) in [7, 11) is 0. The molecular weight excluding hydrogens is 2220 g/mol. The summed E-state index contributed by atoms with van der Waals surface area (Å²) < 4.78 is 6.67. The second-order valence-electron chi connectivity index (χ2n) is 43.2. The van der Waals surface area contributed by atoms with Crippen LogP contribution in [0.25, 0.3) is 151 Å². The first-order chi connectivity index (χ1) is 63.2. The molecule has 0 unspecified atom stereocenters. The van der Waals surface area contributed by atoms with Crippen LogP contribution in [0.5, 0.6) is 17.2 Å². The molecule has 0 fully saturated rings. The standard InChI is InChI=1S/C50H60N3O.2C36H32N3O.3Pt/c1-46(2,3)33-23-24-51-40(29-33)32-25-31(26-34(27-32)47(4,5)6)37-28-35(48(7,8)9)30-41-43(37)52-45(36-19-16-17-22-42(36)54)53(41)44-38(49(10,11)12)20-18-21-39(44)50(13,14)15;1-23-18-24(2)20-28(19-23)39-32-14-9-13-29(34(32)38-35(39)30-12-6-7-15-33(30)40)25-10-8-11-26(21-25)31-22-27(16-17-37-31)36(3,4)5;1-23-17-24(2)19-28(18-23)39-32-22-27(36(3,4)5)21-30(34(32)38-35(39)29-13-6-7-15-33(29)40)25-11-10-12-26(20-25)31-14-8-9-16-37-31;;;/h16-24,26-30,54H,1-15H3;6-20,22,40H,1-5H3;6-19,21-22,40H,1-5H3;;;/q3*-1;;;. The molecule has 0 bridgehead atoms. The average molecular weight is 2350 g/mol. The number of para-hydroxylation sites is 5. The van der Waals surface area contributed by atoms with Gasteiger partial charge in [0.1, 0.15) is 34.7 Å². The fourth-order valence-electron chi connectivity index (χ4n) is 17.8. The molecule has 0 amide bonds. The van der Waals surface area contributed by atoms with E-state index in [0.717, 1.165) is 117 Å². The summed E-state index contributed by atoms with van der Waals surface area (Å²) in [5.41, 5.74) is 34.6. The number of benzene rings is 12. The molecule has 708 valence electrons. The Balaban J connectivity index is 0.000000174. The smallest absolute Gasteiger partial charge is 0.148 e. The van der Waals surface area contributed by atoms with Crippen molar-refractivity contribution in [3.8, 4) is 136 Å². The van der Waals surface area contributed by atoms with Crippen LogP contribution in [0.1, 0.15) is 207 Å². The molecular formula is C122H124N9O3Pt3-3. The van der Waals surface area contributed by atoms with Crippen molar-refractivity contribution in [1.29, 1.82) is 0 Å². The van der Waals surface area contributed by atoms with Gasteiger partial charge in [0.15, 0.2) is 0 Å². The number of phenols is 3. The largest absolute Gasteiger partial charge is 0.507 e. The molecule has 0 spiro atoms. The zero-order valence-corrected chi connectivity index (χ0v) is 90.2. The SMILES string of the molecule is CC(C)(C)c1cc(-c2cc(C(C)(C)C)ccn2)[c-]c(-c2cc(C(C)(C)C)cc3c2nc(-c2ccccc2O)n3-c2c(C(C)(C)C)cccc2C(C)(C)C)c1.Cc1cc(C)cc(-n2c(-c3ccccc3O)nc3c(-c4[c-]c(-c5cc(C(C)(C)C)ccn5)ccc4)cccc32)c1.Cc1cc(C)cc(-n2c(-c3ccccc3O)nc3c(-c4[c-]c(-c5ccccn5)ccc4)cc(C(C)(C)C)cc32)c1.[Pt].[Pt].[Pt]. The van der Waals surface area contributed by atoms with Gasteiger partial charge in [0.25, 0.3) is 0 Å². The van der Waals surface area contributed by atoms with E-state index in [1.165, 1.54) is 61.2 Å². The second-order valence-corrected chi connectivity index (χ2v) is 43.2. The first kappa shape index (κ1) is 102. The van der Waals surface area contributed by atoms with Crippen molar-refractivity contribution < 1.29 is 78.5 Å². The van der Waals surface area contributed by atoms with E-state index >= 15 is 0 Å². The summed E-state index contributed by atoms with van der Waals surface area (Å²) in [6.07, 6.45) is 5.60. The topological polar surface area (TPSA) is 153 Å². The van der Waals surface area contributed by atoms with Crippen molar-refractivity contribution in [2.45, 2.75) is 211 Å². The molecule has 0 aliphatic carbocycles. The van der Waals surface area contributed by atoms with Gasteiger partial charge in [-0.2, -0.15) is 0 Å². The van der Waals surface area contributed by atoms with Crippen LogP contribution in [0.15, 0.2) is 279 Å². The van der Waals surface area contributed by atoms with Crippen LogP contribution in [0.4, 0.5) is 0 Å². The zero-order valence-electron chi connectivity index (χ0n) is 83.4. The molecule has 0 radical (unpaired) electrons. The first-order valence-corrected chi connectivity index (χ1v) is 46.5. The predicted molar refractivity (Wildman–Crippen MR) is 557 cm³/mol. The van der Waals surface area contributed by atoms with Gasteiger partial charge in [0, 0.05) is 110 Å². The number of imidazole rings is 3. The predicted octanol–water partition coefficient (Wildman–Crippen LogP) is 31.1. The summed E-state index contributed by atoms with van der Waals surface area (Å²) in [6.45, 7) is 55.7. The maximum atomic E-state index is 11.5. The van der Waals surface area contributed by atoms with Gasteiger partial charge in [0.2, 0.25) is 0 Å². The van der Waals surface area contributed by atoms with E-state index in [2.05, 4.69) is 379 Å². The molecule has 18 rings (SSSR count). The Morgan fingerprint density at radius 2 is 0.569 bits per heavy atom. The van der Waals surface area contributed by atoms with E-state index in [0.29, 0.717) is 34.2 Å². The fourth-order valence-corrected chi connectivity index (χ4v) is 17.8. The van der Waals surface area contributed by atoms with E-state index in [9.17, 15) is 15.3 Å². The van der Waals surface area contributed by atoms with Crippen LogP contribution in [0.3, 0.4) is 0 Å². The number of aryl methyl sites for hydroxylation is 4. The third-order valence-electron chi connectivity index (χ3n) is 25.1. The summed E-state index contributed by atoms with van der Waals surface area (Å²) in [4.78, 5) is 30.1. The number of fused-ring (bicyclic) bond motifs is 3. The summed E-state index contributed by atoms with van der Waals surface area (Å²) in [6, 6.07) is 99.9. The molecule has 6 heterocycles. The van der Waals surface area contributed by atoms with Gasteiger partial charge < -0.3 is 15.3 Å². The van der Waals surface area contributed by atoms with E-state index in [1.807, 2.05) is 91.3 Å². The van der Waals surface area contributed by atoms with Crippen LogP contribution < -0.4 is 0 Å². The van der Waals surface area contributed by atoms with Crippen molar-refractivity contribution in [1.82, 2.24) is 43.6 Å². The van der Waals surface area contributed by atoms with Gasteiger partial charge >= 0.3 is 0 Å². The number of hydrogen-bond acceptors (Lipinski definition) is 9. The summed E-state index contributed by atoms with van der Waals surface area (Å²) in [5.74, 6) is 2.70. The minimum atomic E-state index is -0.175. The average Bonchev–Trinajstić information content (AvgIpc) is 1.58. The molecule has 18 aromatic rings. The number of hydrogen-bond donors (Lipinski definition) is 3. The third-order valence-corrected chi connectivity index (χ3v) is 25.1. The molecule has 15 heteroatoms. The zero-order chi connectivity index (χ0) is 95.8.